The van der Waals surface area contributed by atoms with Crippen LogP contribution in [0.4, 0.5) is 5.69 Å². The van der Waals surface area contributed by atoms with Crippen molar-refractivity contribution < 1.29 is 9.90 Å². The summed E-state index contributed by atoms with van der Waals surface area (Å²) in [4.78, 5) is 12.4. The van der Waals surface area contributed by atoms with Crippen LogP contribution in [0.3, 0.4) is 0 Å². The molecule has 0 aliphatic carbocycles. The minimum atomic E-state index is -0.276. The average molecular weight is 245 g/mol. The van der Waals surface area contributed by atoms with Crippen LogP contribution in [0, 0.1) is 0 Å². The number of phenolic OH excluding ortho intramolecular Hbond substituents is 1. The van der Waals surface area contributed by atoms with Gasteiger partial charge in [-0.15, -0.1) is 12.6 Å². The van der Waals surface area contributed by atoms with E-state index >= 15 is 0 Å². The third-order valence-corrected chi connectivity index (χ3v) is 2.45. The minimum absolute atomic E-state index is 0.0238. The Balaban J connectivity index is 2.20. The summed E-state index contributed by atoms with van der Waals surface area (Å²) in [5.41, 5.74) is 1.08. The maximum absolute atomic E-state index is 11.9. The molecule has 17 heavy (non-hydrogen) atoms. The molecule has 0 spiro atoms. The van der Waals surface area contributed by atoms with Crippen LogP contribution in [0.2, 0.25) is 0 Å². The molecule has 0 aliphatic rings. The average Bonchev–Trinajstić information content (AvgIpc) is 2.29. The van der Waals surface area contributed by atoms with Gasteiger partial charge in [-0.3, -0.25) is 4.79 Å². The summed E-state index contributed by atoms with van der Waals surface area (Å²) in [5.74, 6) is -0.252. The number of nitrogens with one attached hydrogen (secondary N) is 1. The molecular formula is C13H11NO2S. The van der Waals surface area contributed by atoms with Gasteiger partial charge in [-0.2, -0.15) is 0 Å². The molecular weight excluding hydrogens is 234 g/mol. The Bertz CT molecular complexity index is 520. The second kappa shape index (κ2) is 4.93. The molecule has 0 aliphatic heterocycles. The van der Waals surface area contributed by atoms with Gasteiger partial charge in [0.15, 0.2) is 0 Å². The molecule has 2 N–H and O–H groups in total. The number of phenols is 1. The number of amides is 1. The van der Waals surface area contributed by atoms with E-state index in [4.69, 9.17) is 0 Å². The van der Waals surface area contributed by atoms with E-state index in [-0.39, 0.29) is 11.7 Å². The summed E-state index contributed by atoms with van der Waals surface area (Å²) in [7, 11) is 0. The van der Waals surface area contributed by atoms with E-state index in [9.17, 15) is 9.90 Å². The van der Waals surface area contributed by atoms with Crippen LogP contribution in [0.1, 0.15) is 10.4 Å². The summed E-state index contributed by atoms with van der Waals surface area (Å²) < 4.78 is 0. The number of carbonyl (C=O) groups is 1. The molecule has 0 saturated heterocycles. The molecule has 0 saturated carbocycles. The molecule has 0 aromatic heterocycles. The zero-order valence-electron chi connectivity index (χ0n) is 8.92. The molecule has 0 heterocycles. The Morgan fingerprint density at radius 3 is 2.47 bits per heavy atom. The van der Waals surface area contributed by atoms with Crippen LogP contribution < -0.4 is 5.32 Å². The van der Waals surface area contributed by atoms with Crippen LogP contribution in [-0.2, 0) is 0 Å². The van der Waals surface area contributed by atoms with Gasteiger partial charge in [0, 0.05) is 16.1 Å². The second-order valence-corrected chi connectivity index (χ2v) is 4.07. The zero-order chi connectivity index (χ0) is 12.3. The van der Waals surface area contributed by atoms with Gasteiger partial charge in [0.1, 0.15) is 5.75 Å². The van der Waals surface area contributed by atoms with Gasteiger partial charge < -0.3 is 10.4 Å². The topological polar surface area (TPSA) is 49.3 Å². The number of rotatable bonds is 2. The lowest BCUT2D eigenvalue weighted by Gasteiger charge is -2.06. The van der Waals surface area contributed by atoms with Crippen molar-refractivity contribution in [1.82, 2.24) is 0 Å². The van der Waals surface area contributed by atoms with Crippen LogP contribution in [0.15, 0.2) is 53.4 Å². The molecule has 0 unspecified atom stereocenters. The van der Waals surface area contributed by atoms with Crippen molar-refractivity contribution in [2.24, 2.45) is 0 Å². The van der Waals surface area contributed by atoms with E-state index in [0.29, 0.717) is 16.1 Å². The SMILES string of the molecule is O=C(Nc1ccccc1)c1cc(O)cc(S)c1. The van der Waals surface area contributed by atoms with Crippen molar-refractivity contribution in [3.05, 3.63) is 54.1 Å². The van der Waals surface area contributed by atoms with Crippen molar-refractivity contribution in [1.29, 1.82) is 0 Å². The van der Waals surface area contributed by atoms with Gasteiger partial charge in [0.2, 0.25) is 0 Å². The van der Waals surface area contributed by atoms with Gasteiger partial charge in [0.05, 0.1) is 0 Å². The Labute approximate surface area is 105 Å². The smallest absolute Gasteiger partial charge is 0.255 e. The second-order valence-electron chi connectivity index (χ2n) is 3.56. The highest BCUT2D eigenvalue weighted by Crippen LogP contribution is 2.19. The lowest BCUT2D eigenvalue weighted by atomic mass is 10.2. The molecule has 1 amide bonds. The lowest BCUT2D eigenvalue weighted by molar-refractivity contribution is 0.102. The first-order valence-electron chi connectivity index (χ1n) is 5.04. The molecule has 0 radical (unpaired) electrons. The molecule has 0 bridgehead atoms. The molecule has 4 heteroatoms. The number of anilines is 1. The predicted molar refractivity (Wildman–Crippen MR) is 69.8 cm³/mol. The maximum Gasteiger partial charge on any atom is 0.255 e. The Morgan fingerprint density at radius 2 is 1.82 bits per heavy atom. The van der Waals surface area contributed by atoms with Crippen molar-refractivity contribution >= 4 is 24.2 Å². The molecule has 0 fully saturated rings. The van der Waals surface area contributed by atoms with Crippen molar-refractivity contribution in [3.8, 4) is 5.75 Å². The maximum atomic E-state index is 11.9. The zero-order valence-corrected chi connectivity index (χ0v) is 9.82. The fourth-order valence-corrected chi connectivity index (χ4v) is 1.72. The Kier molecular flexibility index (Phi) is 3.35. The number of thiol groups is 1. The summed E-state index contributed by atoms with van der Waals surface area (Å²) in [6, 6.07) is 13.6. The third-order valence-electron chi connectivity index (χ3n) is 2.20. The van der Waals surface area contributed by atoms with Gasteiger partial charge in [-0.25, -0.2) is 0 Å². The fourth-order valence-electron chi connectivity index (χ4n) is 1.45. The van der Waals surface area contributed by atoms with E-state index in [1.54, 1.807) is 18.2 Å². The quantitative estimate of drug-likeness (QED) is 0.712. The van der Waals surface area contributed by atoms with Gasteiger partial charge in [-0.1, -0.05) is 18.2 Å². The number of para-hydroxylation sites is 1. The van der Waals surface area contributed by atoms with E-state index in [2.05, 4.69) is 17.9 Å². The third kappa shape index (κ3) is 3.01. The molecule has 2 rings (SSSR count). The highest BCUT2D eigenvalue weighted by Gasteiger charge is 2.07. The number of hydrogen-bond donors (Lipinski definition) is 3. The van der Waals surface area contributed by atoms with Gasteiger partial charge in [0.25, 0.3) is 5.91 Å². The minimum Gasteiger partial charge on any atom is -0.508 e. The number of aromatic hydroxyl groups is 1. The first-order valence-corrected chi connectivity index (χ1v) is 5.49. The summed E-state index contributed by atoms with van der Waals surface area (Å²) >= 11 is 4.10. The Hall–Kier alpha value is -1.94. The molecule has 2 aromatic rings. The van der Waals surface area contributed by atoms with E-state index in [1.165, 1.54) is 12.1 Å². The number of benzene rings is 2. The van der Waals surface area contributed by atoms with Crippen LogP contribution in [-0.4, -0.2) is 11.0 Å². The van der Waals surface area contributed by atoms with E-state index < -0.39 is 0 Å². The molecule has 86 valence electrons. The van der Waals surface area contributed by atoms with E-state index in [1.807, 2.05) is 18.2 Å². The van der Waals surface area contributed by atoms with Crippen LogP contribution in [0.25, 0.3) is 0 Å². The summed E-state index contributed by atoms with van der Waals surface area (Å²) in [6.45, 7) is 0. The largest absolute Gasteiger partial charge is 0.508 e. The van der Waals surface area contributed by atoms with Crippen LogP contribution in [0.5, 0.6) is 5.75 Å². The van der Waals surface area contributed by atoms with Gasteiger partial charge >= 0.3 is 0 Å². The first kappa shape index (κ1) is 11.5. The number of hydrogen-bond acceptors (Lipinski definition) is 3. The molecule has 2 aromatic carbocycles. The summed E-state index contributed by atoms with van der Waals surface area (Å²) in [5, 5.41) is 12.1. The van der Waals surface area contributed by atoms with Crippen LogP contribution >= 0.6 is 12.6 Å². The summed E-state index contributed by atoms with van der Waals surface area (Å²) in [6.07, 6.45) is 0. The predicted octanol–water partition coefficient (Wildman–Crippen LogP) is 2.93. The van der Waals surface area contributed by atoms with Gasteiger partial charge in [-0.05, 0) is 30.3 Å². The van der Waals surface area contributed by atoms with Crippen molar-refractivity contribution in [2.45, 2.75) is 4.90 Å². The lowest BCUT2D eigenvalue weighted by Crippen LogP contribution is -2.11. The monoisotopic (exact) mass is 245 g/mol. The van der Waals surface area contributed by atoms with Crippen molar-refractivity contribution in [3.63, 3.8) is 0 Å². The molecule has 3 nitrogen and oxygen atoms in total. The van der Waals surface area contributed by atoms with E-state index in [0.717, 1.165) is 0 Å². The highest BCUT2D eigenvalue weighted by atomic mass is 32.1. The standard InChI is InChI=1S/C13H11NO2S/c15-11-6-9(7-12(17)8-11)13(16)14-10-4-2-1-3-5-10/h1-8,15,17H,(H,14,16). The fraction of sp³-hybridized carbons (Fsp3) is 0. The highest BCUT2D eigenvalue weighted by molar-refractivity contribution is 7.80. The Morgan fingerprint density at radius 1 is 1.12 bits per heavy atom. The van der Waals surface area contributed by atoms with Crippen molar-refractivity contribution in [2.75, 3.05) is 5.32 Å². The number of carbonyl (C=O) groups excluding carboxylic acids is 1. The first-order chi connectivity index (χ1) is 8.15. The normalized spacial score (nSPS) is 9.94. The molecule has 0 atom stereocenters.